The van der Waals surface area contributed by atoms with Gasteiger partial charge < -0.3 is 9.47 Å². The second kappa shape index (κ2) is 12.6. The molecule has 2 aliphatic rings. The Kier molecular flexibility index (Phi) is 7.22. The molecule has 4 aromatic carbocycles. The van der Waals surface area contributed by atoms with Gasteiger partial charge in [-0.15, -0.1) is 0 Å². The molecule has 290 valence electrons. The molecule has 0 bridgehead atoms. The minimum absolute atomic E-state index is 0.114. The number of nitrogens with zero attached hydrogens (tertiary/aromatic N) is 3. The molecule has 0 unspecified atom stereocenters. The van der Waals surface area contributed by atoms with Crippen molar-refractivity contribution in [1.29, 1.82) is 0 Å². The molecule has 5 nitrogen and oxygen atoms in total. The molecular weight excluding hydrogens is 687 g/mol. The van der Waals surface area contributed by atoms with Gasteiger partial charge in [0.15, 0.2) is 5.60 Å². The smallest absolute Gasteiger partial charge is 0.217 e. The molecule has 0 amide bonds. The molecule has 8 rings (SSSR count). The molecule has 0 spiro atoms. The summed E-state index contributed by atoms with van der Waals surface area (Å²) in [7, 11) is 0. The molecule has 0 saturated heterocycles. The van der Waals surface area contributed by atoms with Gasteiger partial charge in [0, 0.05) is 41.0 Å². The standard InChI is InChI=1S/C51H59N3O2/c1-30-15-18-42-40(23-30)39-17-16-36(29-43(39)54(42)44-28-34(20-22-52-44)47(4,5)6)55-37-26-33(25-35(27-37)48(7,8)9)46-53-50(13)21-19-38-32(3)45(49(10,11)12)31(2)24-41(38)51(50,14)56-46/h15-18,20,22-29H,19,21H2,1-14H3/t50-,51+/m1/s1/i1D3,19D2. The Balaban J connectivity index is 1.25. The molecule has 2 aromatic heterocycles. The summed E-state index contributed by atoms with van der Waals surface area (Å²) in [5.74, 6) is 2.40. The fraction of sp³-hybridized carbons (Fsp3) is 0.412. The van der Waals surface area contributed by atoms with E-state index in [-0.39, 0.29) is 28.2 Å². The van der Waals surface area contributed by atoms with Crippen molar-refractivity contribution < 1.29 is 16.3 Å². The van der Waals surface area contributed by atoms with Crippen LogP contribution in [0.3, 0.4) is 0 Å². The number of aryl methyl sites for hydroxylation is 2. The van der Waals surface area contributed by atoms with Gasteiger partial charge in [-0.05, 0) is 152 Å². The van der Waals surface area contributed by atoms with E-state index in [1.807, 2.05) is 49.5 Å². The van der Waals surface area contributed by atoms with Gasteiger partial charge in [-0.3, -0.25) is 4.57 Å². The summed E-state index contributed by atoms with van der Waals surface area (Å²) >= 11 is 0. The number of hydrogen-bond donors (Lipinski definition) is 0. The number of rotatable bonds is 4. The number of aliphatic imine (C=N–C) groups is 1. The number of hydrogen-bond acceptors (Lipinski definition) is 4. The van der Waals surface area contributed by atoms with E-state index in [1.165, 1.54) is 5.56 Å². The van der Waals surface area contributed by atoms with Crippen molar-refractivity contribution in [3.05, 3.63) is 129 Å². The van der Waals surface area contributed by atoms with Crippen LogP contribution < -0.4 is 4.74 Å². The maximum absolute atomic E-state index is 9.46. The zero-order valence-corrected chi connectivity index (χ0v) is 35.4. The molecule has 0 fully saturated rings. The number of aromatic nitrogens is 2. The third-order valence-electron chi connectivity index (χ3n) is 12.2. The van der Waals surface area contributed by atoms with Crippen LogP contribution in [-0.4, -0.2) is 21.0 Å². The average molecular weight is 751 g/mol. The summed E-state index contributed by atoms with van der Waals surface area (Å²) in [6, 6.07) is 23.6. The van der Waals surface area contributed by atoms with E-state index >= 15 is 0 Å². The largest absolute Gasteiger partial charge is 0.464 e. The molecule has 1 aliphatic heterocycles. The lowest BCUT2D eigenvalue weighted by atomic mass is 9.65. The first kappa shape index (κ1) is 32.2. The Morgan fingerprint density at radius 1 is 0.768 bits per heavy atom. The molecule has 6 aromatic rings. The fourth-order valence-corrected chi connectivity index (χ4v) is 9.00. The Hall–Kier alpha value is -4.90. The molecule has 0 radical (unpaired) electrons. The van der Waals surface area contributed by atoms with E-state index in [1.54, 1.807) is 12.1 Å². The summed E-state index contributed by atoms with van der Waals surface area (Å²) in [5.41, 5.74) is 7.44. The number of fused-ring (bicyclic) bond motifs is 6. The second-order valence-corrected chi connectivity index (χ2v) is 19.5. The van der Waals surface area contributed by atoms with Crippen molar-refractivity contribution in [3.8, 4) is 17.3 Å². The van der Waals surface area contributed by atoms with Gasteiger partial charge in [0.2, 0.25) is 5.90 Å². The maximum Gasteiger partial charge on any atom is 0.217 e. The van der Waals surface area contributed by atoms with E-state index in [9.17, 15) is 2.74 Å². The third kappa shape index (κ3) is 6.13. The number of benzene rings is 4. The highest BCUT2D eigenvalue weighted by Crippen LogP contribution is 2.53. The molecule has 2 atom stereocenters. The summed E-state index contributed by atoms with van der Waals surface area (Å²) in [6.45, 7) is 25.6. The third-order valence-corrected chi connectivity index (χ3v) is 12.2. The van der Waals surface area contributed by atoms with Crippen LogP contribution in [0.15, 0.2) is 84.0 Å². The highest BCUT2D eigenvalue weighted by Gasteiger charge is 2.57. The van der Waals surface area contributed by atoms with Crippen LogP contribution in [0.2, 0.25) is 0 Å². The van der Waals surface area contributed by atoms with Gasteiger partial charge in [0.25, 0.3) is 0 Å². The van der Waals surface area contributed by atoms with Gasteiger partial charge in [-0.25, -0.2) is 9.98 Å². The minimum atomic E-state index is -2.26. The van der Waals surface area contributed by atoms with E-state index in [0.29, 0.717) is 17.4 Å². The van der Waals surface area contributed by atoms with Crippen LogP contribution in [0.4, 0.5) is 0 Å². The number of pyridine rings is 1. The molecule has 56 heavy (non-hydrogen) atoms. The minimum Gasteiger partial charge on any atom is -0.464 e. The van der Waals surface area contributed by atoms with Crippen LogP contribution in [0.25, 0.3) is 27.6 Å². The van der Waals surface area contributed by atoms with E-state index in [4.69, 9.17) is 23.6 Å². The first-order chi connectivity index (χ1) is 28.0. The first-order valence-corrected chi connectivity index (χ1v) is 19.9. The van der Waals surface area contributed by atoms with Gasteiger partial charge >= 0.3 is 0 Å². The normalized spacial score (nSPS) is 22.3. The highest BCUT2D eigenvalue weighted by atomic mass is 16.5. The van der Waals surface area contributed by atoms with Crippen molar-refractivity contribution in [2.45, 2.75) is 137 Å². The van der Waals surface area contributed by atoms with E-state index in [2.05, 4.69) is 112 Å². The molecule has 5 heteroatoms. The molecule has 0 saturated carbocycles. The lowest BCUT2D eigenvalue weighted by Gasteiger charge is -2.44. The Bertz CT molecular complexity index is 2810. The zero-order chi connectivity index (χ0) is 44.6. The van der Waals surface area contributed by atoms with E-state index < -0.39 is 24.4 Å². The SMILES string of the molecule is [2H]C([2H])([2H])c1ccc2c(c1)c1ccc(Oc3cc(C4=N[C@]5(C)CC([2H])([2H])c6c(cc(C)c(C(C)(C)C)c6C)[C@]5(C)O4)cc(C(C)(C)C)c3)cc1n2-c1cc(C(C)(C)C)ccn1. The Morgan fingerprint density at radius 3 is 2.21 bits per heavy atom. The van der Waals surface area contributed by atoms with Crippen molar-refractivity contribution in [3.63, 3.8) is 0 Å². The van der Waals surface area contributed by atoms with Gasteiger partial charge in [-0.1, -0.05) is 80.0 Å². The first-order valence-electron chi connectivity index (χ1n) is 22.4. The number of ether oxygens (including phenoxy) is 2. The average Bonchev–Trinajstić information content (AvgIpc) is 3.59. The second-order valence-electron chi connectivity index (χ2n) is 19.5. The van der Waals surface area contributed by atoms with Crippen molar-refractivity contribution in [1.82, 2.24) is 9.55 Å². The monoisotopic (exact) mass is 750 g/mol. The topological polar surface area (TPSA) is 48.6 Å². The van der Waals surface area contributed by atoms with Gasteiger partial charge in [-0.2, -0.15) is 0 Å². The predicted molar refractivity (Wildman–Crippen MR) is 234 cm³/mol. The van der Waals surface area contributed by atoms with Crippen LogP contribution in [0.1, 0.15) is 140 Å². The predicted octanol–water partition coefficient (Wildman–Crippen LogP) is 13.2. The molecule has 0 N–H and O–H groups in total. The van der Waals surface area contributed by atoms with Crippen molar-refractivity contribution >= 4 is 27.7 Å². The van der Waals surface area contributed by atoms with Crippen LogP contribution in [-0.2, 0) is 33.0 Å². The summed E-state index contributed by atoms with van der Waals surface area (Å²) in [4.78, 5) is 10.1. The summed E-state index contributed by atoms with van der Waals surface area (Å²) in [6.07, 6.45) is 0.385. The molecule has 3 heterocycles. The van der Waals surface area contributed by atoms with Crippen LogP contribution in [0, 0.1) is 20.7 Å². The lowest BCUT2D eigenvalue weighted by Crippen LogP contribution is -2.48. The maximum atomic E-state index is 9.46. The fourth-order valence-electron chi connectivity index (χ4n) is 9.00. The van der Waals surface area contributed by atoms with Crippen molar-refractivity contribution in [2.24, 2.45) is 4.99 Å². The van der Waals surface area contributed by atoms with Crippen LogP contribution >= 0.6 is 0 Å². The Labute approximate surface area is 341 Å². The summed E-state index contributed by atoms with van der Waals surface area (Å²) < 4.78 is 59.3. The zero-order valence-electron chi connectivity index (χ0n) is 40.4. The van der Waals surface area contributed by atoms with E-state index in [0.717, 1.165) is 66.6 Å². The highest BCUT2D eigenvalue weighted by molar-refractivity contribution is 6.09. The molecular formula is C51H59N3O2. The van der Waals surface area contributed by atoms with Crippen molar-refractivity contribution in [2.75, 3.05) is 0 Å². The van der Waals surface area contributed by atoms with Gasteiger partial charge in [0.1, 0.15) is 22.9 Å². The lowest BCUT2D eigenvalue weighted by molar-refractivity contribution is 0.0178. The van der Waals surface area contributed by atoms with Crippen LogP contribution in [0.5, 0.6) is 11.5 Å². The quantitative estimate of drug-likeness (QED) is 0.180. The molecule has 1 aliphatic carbocycles. The summed E-state index contributed by atoms with van der Waals surface area (Å²) in [5, 5.41) is 1.71. The Morgan fingerprint density at radius 2 is 1.52 bits per heavy atom. The van der Waals surface area contributed by atoms with Gasteiger partial charge in [0.05, 0.1) is 11.0 Å².